The summed E-state index contributed by atoms with van der Waals surface area (Å²) in [5.74, 6) is 0.00347. The van der Waals surface area contributed by atoms with Crippen LogP contribution in [0, 0.1) is 0 Å². The molecule has 1 aliphatic rings. The SMILES string of the molecule is O=C(N[C@@H]1CCCN(Cc2ccncc2)CC1)c1ccc(-c2ccn[nH]2)cc1. The lowest BCUT2D eigenvalue weighted by molar-refractivity contribution is 0.0933. The predicted octanol–water partition coefficient (Wildman–Crippen LogP) is 3.26. The number of aromatic nitrogens is 3. The first-order valence-corrected chi connectivity index (χ1v) is 9.80. The number of pyridine rings is 1. The molecule has 28 heavy (non-hydrogen) atoms. The number of benzene rings is 1. The molecule has 1 aliphatic heterocycles. The van der Waals surface area contributed by atoms with Crippen molar-refractivity contribution in [3.8, 4) is 11.3 Å². The van der Waals surface area contributed by atoms with Crippen molar-refractivity contribution in [3.63, 3.8) is 0 Å². The maximum atomic E-state index is 12.6. The third-order valence-corrected chi connectivity index (χ3v) is 5.27. The Hall–Kier alpha value is -2.99. The smallest absolute Gasteiger partial charge is 0.251 e. The van der Waals surface area contributed by atoms with E-state index in [2.05, 4.69) is 37.5 Å². The lowest BCUT2D eigenvalue weighted by Gasteiger charge is -2.20. The van der Waals surface area contributed by atoms with Crippen LogP contribution in [-0.4, -0.2) is 45.1 Å². The van der Waals surface area contributed by atoms with Gasteiger partial charge < -0.3 is 5.32 Å². The summed E-state index contributed by atoms with van der Waals surface area (Å²) in [5.41, 5.74) is 3.95. The summed E-state index contributed by atoms with van der Waals surface area (Å²) >= 11 is 0. The van der Waals surface area contributed by atoms with Crippen molar-refractivity contribution < 1.29 is 4.79 Å². The van der Waals surface area contributed by atoms with E-state index < -0.39 is 0 Å². The minimum Gasteiger partial charge on any atom is -0.349 e. The van der Waals surface area contributed by atoms with Gasteiger partial charge in [0.2, 0.25) is 0 Å². The fourth-order valence-corrected chi connectivity index (χ4v) is 3.69. The number of aromatic amines is 1. The van der Waals surface area contributed by atoms with Gasteiger partial charge in [-0.25, -0.2) is 0 Å². The number of H-pyrrole nitrogens is 1. The Kier molecular flexibility index (Phi) is 5.77. The fourth-order valence-electron chi connectivity index (χ4n) is 3.69. The van der Waals surface area contributed by atoms with E-state index in [1.165, 1.54) is 5.56 Å². The van der Waals surface area contributed by atoms with Gasteiger partial charge in [-0.2, -0.15) is 5.10 Å². The summed E-state index contributed by atoms with van der Waals surface area (Å²) in [5, 5.41) is 10.1. The summed E-state index contributed by atoms with van der Waals surface area (Å²) in [4.78, 5) is 19.2. The van der Waals surface area contributed by atoms with Gasteiger partial charge in [0.1, 0.15) is 0 Å². The zero-order chi connectivity index (χ0) is 19.2. The standard InChI is InChI=1S/C22H25N5O/c28-22(19-5-3-18(4-6-19)21-9-13-24-26-21)25-20-2-1-14-27(15-10-20)16-17-7-11-23-12-8-17/h3-9,11-13,20H,1-2,10,14-16H2,(H,24,26)(H,25,28)/t20-/m1/s1. The molecule has 0 radical (unpaired) electrons. The third-order valence-electron chi connectivity index (χ3n) is 5.27. The van der Waals surface area contributed by atoms with Gasteiger partial charge in [0.05, 0.1) is 5.69 Å². The number of rotatable bonds is 5. The highest BCUT2D eigenvalue weighted by atomic mass is 16.1. The van der Waals surface area contributed by atoms with Crippen LogP contribution in [0.25, 0.3) is 11.3 Å². The maximum absolute atomic E-state index is 12.6. The molecule has 1 saturated heterocycles. The van der Waals surface area contributed by atoms with E-state index in [0.717, 1.165) is 50.2 Å². The van der Waals surface area contributed by atoms with Gasteiger partial charge >= 0.3 is 0 Å². The van der Waals surface area contributed by atoms with Crippen molar-refractivity contribution in [2.75, 3.05) is 13.1 Å². The van der Waals surface area contributed by atoms with E-state index in [9.17, 15) is 4.79 Å². The van der Waals surface area contributed by atoms with Gasteiger partial charge in [-0.1, -0.05) is 12.1 Å². The van der Waals surface area contributed by atoms with Crippen molar-refractivity contribution in [3.05, 3.63) is 72.2 Å². The fraction of sp³-hybridized carbons (Fsp3) is 0.318. The van der Waals surface area contributed by atoms with Gasteiger partial charge in [0, 0.05) is 43.3 Å². The summed E-state index contributed by atoms with van der Waals surface area (Å²) in [7, 11) is 0. The molecule has 144 valence electrons. The predicted molar refractivity (Wildman–Crippen MR) is 109 cm³/mol. The minimum absolute atomic E-state index is 0.00347. The largest absolute Gasteiger partial charge is 0.349 e. The molecule has 0 spiro atoms. The average molecular weight is 375 g/mol. The van der Waals surface area contributed by atoms with Crippen molar-refractivity contribution in [2.45, 2.75) is 31.8 Å². The molecule has 2 aromatic heterocycles. The van der Waals surface area contributed by atoms with Crippen LogP contribution in [0.2, 0.25) is 0 Å². The molecule has 0 bridgehead atoms. The number of carbonyl (C=O) groups excluding carboxylic acids is 1. The summed E-state index contributed by atoms with van der Waals surface area (Å²) in [6.45, 7) is 3.00. The molecular weight excluding hydrogens is 350 g/mol. The van der Waals surface area contributed by atoms with Crippen molar-refractivity contribution >= 4 is 5.91 Å². The summed E-state index contributed by atoms with van der Waals surface area (Å²) < 4.78 is 0. The Balaban J connectivity index is 1.31. The van der Waals surface area contributed by atoms with Crippen LogP contribution in [-0.2, 0) is 6.54 Å². The van der Waals surface area contributed by atoms with E-state index >= 15 is 0 Å². The molecule has 0 unspecified atom stereocenters. The number of amides is 1. The normalized spacial score (nSPS) is 17.8. The zero-order valence-electron chi connectivity index (χ0n) is 15.8. The number of nitrogens with zero attached hydrogens (tertiary/aromatic N) is 3. The highest BCUT2D eigenvalue weighted by molar-refractivity contribution is 5.94. The number of carbonyl (C=O) groups is 1. The van der Waals surface area contributed by atoms with Crippen LogP contribution in [0.4, 0.5) is 0 Å². The molecule has 1 amide bonds. The number of hydrogen-bond acceptors (Lipinski definition) is 4. The number of nitrogens with one attached hydrogen (secondary N) is 2. The molecule has 3 aromatic rings. The molecule has 6 nitrogen and oxygen atoms in total. The second-order valence-electron chi connectivity index (χ2n) is 7.28. The zero-order valence-corrected chi connectivity index (χ0v) is 15.8. The Morgan fingerprint density at radius 3 is 2.61 bits per heavy atom. The van der Waals surface area contributed by atoms with E-state index in [1.54, 1.807) is 6.20 Å². The third kappa shape index (κ3) is 4.64. The highest BCUT2D eigenvalue weighted by Crippen LogP contribution is 2.18. The van der Waals surface area contributed by atoms with Gasteiger partial charge in [0.25, 0.3) is 5.91 Å². The van der Waals surface area contributed by atoms with E-state index in [0.29, 0.717) is 5.56 Å². The molecule has 4 rings (SSSR count). The first-order valence-electron chi connectivity index (χ1n) is 9.80. The molecule has 6 heteroatoms. The molecule has 1 atom stereocenters. The summed E-state index contributed by atoms with van der Waals surface area (Å²) in [6, 6.07) is 13.9. The second-order valence-corrected chi connectivity index (χ2v) is 7.28. The first-order chi connectivity index (χ1) is 13.8. The van der Waals surface area contributed by atoms with Crippen LogP contribution in [0.3, 0.4) is 0 Å². The first kappa shape index (κ1) is 18.4. The molecule has 0 saturated carbocycles. The monoisotopic (exact) mass is 375 g/mol. The lowest BCUT2D eigenvalue weighted by Crippen LogP contribution is -2.35. The van der Waals surface area contributed by atoms with Crippen LogP contribution in [0.15, 0.2) is 61.1 Å². The molecule has 1 fully saturated rings. The van der Waals surface area contributed by atoms with Gasteiger partial charge in [-0.3, -0.25) is 19.8 Å². The topological polar surface area (TPSA) is 73.9 Å². The maximum Gasteiger partial charge on any atom is 0.251 e. The quantitative estimate of drug-likeness (QED) is 0.718. The average Bonchev–Trinajstić information content (AvgIpc) is 3.19. The molecule has 3 heterocycles. The van der Waals surface area contributed by atoms with Crippen molar-refractivity contribution in [1.82, 2.24) is 25.4 Å². The van der Waals surface area contributed by atoms with E-state index in [1.807, 2.05) is 42.7 Å². The Morgan fingerprint density at radius 1 is 1.04 bits per heavy atom. The Bertz CT molecular complexity index is 877. The number of hydrogen-bond donors (Lipinski definition) is 2. The van der Waals surface area contributed by atoms with Gasteiger partial charge in [-0.05, 0) is 67.3 Å². The Morgan fingerprint density at radius 2 is 1.86 bits per heavy atom. The molecule has 2 N–H and O–H groups in total. The molecule has 0 aliphatic carbocycles. The van der Waals surface area contributed by atoms with Crippen molar-refractivity contribution in [2.24, 2.45) is 0 Å². The van der Waals surface area contributed by atoms with Crippen LogP contribution >= 0.6 is 0 Å². The van der Waals surface area contributed by atoms with Gasteiger partial charge in [-0.15, -0.1) is 0 Å². The summed E-state index contributed by atoms with van der Waals surface area (Å²) in [6.07, 6.45) is 8.49. The van der Waals surface area contributed by atoms with Gasteiger partial charge in [0.15, 0.2) is 0 Å². The number of likely N-dealkylation sites (tertiary alicyclic amines) is 1. The lowest BCUT2D eigenvalue weighted by atomic mass is 10.1. The van der Waals surface area contributed by atoms with Crippen LogP contribution < -0.4 is 5.32 Å². The molecular formula is C22H25N5O. The second kappa shape index (κ2) is 8.80. The molecule has 1 aromatic carbocycles. The van der Waals surface area contributed by atoms with E-state index in [4.69, 9.17) is 0 Å². The van der Waals surface area contributed by atoms with E-state index in [-0.39, 0.29) is 11.9 Å². The van der Waals surface area contributed by atoms with Crippen LogP contribution in [0.5, 0.6) is 0 Å². The van der Waals surface area contributed by atoms with Crippen LogP contribution in [0.1, 0.15) is 35.2 Å². The van der Waals surface area contributed by atoms with Crippen molar-refractivity contribution in [1.29, 1.82) is 0 Å². The highest BCUT2D eigenvalue weighted by Gasteiger charge is 2.19. The minimum atomic E-state index is 0.00347. The Labute approximate surface area is 165 Å².